The monoisotopic (exact) mass is 550 g/mol. The number of aromatic nitrogens is 4. The van der Waals surface area contributed by atoms with Gasteiger partial charge in [0.15, 0.2) is 5.82 Å². The Balaban J connectivity index is 1.42. The van der Waals surface area contributed by atoms with Crippen LogP contribution in [0.25, 0.3) is 11.4 Å². The van der Waals surface area contributed by atoms with E-state index in [-0.39, 0.29) is 5.71 Å². The van der Waals surface area contributed by atoms with Crippen molar-refractivity contribution in [2.24, 2.45) is 10.7 Å². The number of anilines is 1. The number of alkyl halides is 3. The van der Waals surface area contributed by atoms with E-state index in [1.54, 1.807) is 19.2 Å². The van der Waals surface area contributed by atoms with Gasteiger partial charge in [0.1, 0.15) is 23.4 Å². The van der Waals surface area contributed by atoms with E-state index in [9.17, 15) is 13.2 Å². The number of nitrogens with two attached hydrogens (primary N) is 1. The molecule has 9 nitrogen and oxygen atoms in total. The third kappa shape index (κ3) is 5.95. The number of methoxy groups -OCH3 is 1. The lowest BCUT2D eigenvalue weighted by molar-refractivity contribution is -0.0925. The number of allylic oxidation sites excluding steroid dienone is 2. The Kier molecular flexibility index (Phi) is 7.51. The second-order valence-corrected chi connectivity index (χ2v) is 9.84. The Morgan fingerprint density at radius 2 is 1.90 bits per heavy atom. The van der Waals surface area contributed by atoms with E-state index in [1.165, 1.54) is 13.3 Å². The van der Waals surface area contributed by atoms with Crippen LogP contribution in [-0.4, -0.2) is 44.6 Å². The van der Waals surface area contributed by atoms with Gasteiger partial charge in [0, 0.05) is 23.9 Å². The summed E-state index contributed by atoms with van der Waals surface area (Å²) in [5.41, 5.74) is 9.00. The number of hydrogen-bond acceptors (Lipinski definition) is 9. The van der Waals surface area contributed by atoms with E-state index in [4.69, 9.17) is 25.8 Å². The van der Waals surface area contributed by atoms with Crippen molar-refractivity contribution in [2.75, 3.05) is 12.4 Å². The van der Waals surface area contributed by atoms with Crippen LogP contribution in [0.4, 0.5) is 24.7 Å². The molecule has 40 heavy (non-hydrogen) atoms. The minimum Gasteiger partial charge on any atom is -0.480 e. The first-order valence-corrected chi connectivity index (χ1v) is 12.9. The molecule has 3 aromatic rings. The molecule has 2 aliphatic rings. The van der Waals surface area contributed by atoms with Crippen molar-refractivity contribution in [1.29, 1.82) is 5.41 Å². The summed E-state index contributed by atoms with van der Waals surface area (Å²) in [5, 5.41) is 12.0. The zero-order valence-corrected chi connectivity index (χ0v) is 22.1. The Labute approximate surface area is 229 Å². The van der Waals surface area contributed by atoms with Gasteiger partial charge >= 0.3 is 6.18 Å². The molecule has 0 unspecified atom stereocenters. The average Bonchev–Trinajstić information content (AvgIpc) is 3.77. The van der Waals surface area contributed by atoms with Gasteiger partial charge in [-0.05, 0) is 62.8 Å². The SMILES string of the molecule is COc1ncnc(C2CC2)c1-c1nc2c(c(NCc3ccc(N=C(C)/C=C(\N)C(F)(F)F)cc3)n1)C(=N)CCC2. The molecule has 0 radical (unpaired) electrons. The summed E-state index contributed by atoms with van der Waals surface area (Å²) >= 11 is 0. The number of aryl methyl sites for hydroxylation is 1. The lowest BCUT2D eigenvalue weighted by Gasteiger charge is -2.21. The standard InChI is InChI=1S/C28H29F3N8O/c1-15(12-21(33)28(29,30)31)37-18-10-6-16(7-11-18)13-34-25-22-19(32)4-3-5-20(22)38-26(39-25)23-24(17-8-9-17)35-14-36-27(23)40-2/h6-7,10-12,14,17,32H,3-5,8-9,13,33H2,1-2H3,(H,34,38,39)/b21-12-,32-19?,37-15?. The highest BCUT2D eigenvalue weighted by molar-refractivity contribution is 6.04. The van der Waals surface area contributed by atoms with Crippen molar-refractivity contribution >= 4 is 22.9 Å². The fraction of sp³-hybridized carbons (Fsp3) is 0.357. The van der Waals surface area contributed by atoms with Crippen LogP contribution in [0.2, 0.25) is 0 Å². The number of fused-ring (bicyclic) bond motifs is 1. The van der Waals surface area contributed by atoms with Crippen molar-refractivity contribution in [1.82, 2.24) is 19.9 Å². The molecule has 2 heterocycles. The first-order chi connectivity index (χ1) is 19.1. The molecule has 0 bridgehead atoms. The van der Waals surface area contributed by atoms with E-state index in [2.05, 4.69) is 20.3 Å². The highest BCUT2D eigenvalue weighted by Gasteiger charge is 2.33. The molecule has 1 fully saturated rings. The maximum absolute atomic E-state index is 12.7. The number of nitrogens with zero attached hydrogens (tertiary/aromatic N) is 5. The zero-order chi connectivity index (χ0) is 28.4. The zero-order valence-electron chi connectivity index (χ0n) is 22.1. The summed E-state index contributed by atoms with van der Waals surface area (Å²) in [4.78, 5) is 22.7. The third-order valence-corrected chi connectivity index (χ3v) is 6.74. The van der Waals surface area contributed by atoms with Gasteiger partial charge in [0.2, 0.25) is 5.88 Å². The number of rotatable bonds is 8. The fourth-order valence-corrected chi connectivity index (χ4v) is 4.63. The topological polar surface area (TPSA) is 135 Å². The summed E-state index contributed by atoms with van der Waals surface area (Å²) in [6.45, 7) is 1.86. The lowest BCUT2D eigenvalue weighted by atomic mass is 9.94. The normalized spacial score (nSPS) is 16.1. The molecule has 0 saturated heterocycles. The van der Waals surface area contributed by atoms with Crippen LogP contribution in [0.3, 0.4) is 0 Å². The summed E-state index contributed by atoms with van der Waals surface area (Å²) in [6.07, 6.45) is 2.01. The number of ether oxygens (including phenoxy) is 1. The summed E-state index contributed by atoms with van der Waals surface area (Å²) < 4.78 is 43.6. The van der Waals surface area contributed by atoms with Gasteiger partial charge in [0.05, 0.1) is 29.7 Å². The predicted molar refractivity (Wildman–Crippen MR) is 146 cm³/mol. The number of benzene rings is 1. The quantitative estimate of drug-likeness (QED) is 0.309. The molecule has 2 aliphatic carbocycles. The molecule has 12 heteroatoms. The predicted octanol–water partition coefficient (Wildman–Crippen LogP) is 5.63. The van der Waals surface area contributed by atoms with E-state index in [0.29, 0.717) is 58.9 Å². The van der Waals surface area contributed by atoms with Crippen molar-refractivity contribution < 1.29 is 17.9 Å². The molecule has 208 valence electrons. The number of halogens is 3. The fourth-order valence-electron chi connectivity index (χ4n) is 4.63. The smallest absolute Gasteiger partial charge is 0.430 e. The van der Waals surface area contributed by atoms with Crippen molar-refractivity contribution in [2.45, 2.75) is 57.7 Å². The molecule has 1 aromatic carbocycles. The number of aliphatic imine (C=N–C) groups is 1. The summed E-state index contributed by atoms with van der Waals surface area (Å²) in [6, 6.07) is 7.09. The lowest BCUT2D eigenvalue weighted by Crippen LogP contribution is -2.20. The molecule has 1 saturated carbocycles. The second kappa shape index (κ2) is 11.0. The minimum absolute atomic E-state index is 0.144. The third-order valence-electron chi connectivity index (χ3n) is 6.74. The first kappa shape index (κ1) is 27.2. The molecule has 2 aromatic heterocycles. The molecular formula is C28H29F3N8O. The molecule has 0 atom stereocenters. The van der Waals surface area contributed by atoms with Gasteiger partial charge in [-0.2, -0.15) is 13.2 Å². The van der Waals surface area contributed by atoms with Gasteiger partial charge in [-0.25, -0.2) is 19.9 Å². The van der Waals surface area contributed by atoms with Gasteiger partial charge in [-0.15, -0.1) is 0 Å². The molecule has 0 spiro atoms. The number of hydrogen-bond donors (Lipinski definition) is 3. The Morgan fingerprint density at radius 3 is 2.58 bits per heavy atom. The van der Waals surface area contributed by atoms with Crippen LogP contribution in [0.1, 0.15) is 61.0 Å². The first-order valence-electron chi connectivity index (χ1n) is 12.9. The van der Waals surface area contributed by atoms with Gasteiger partial charge in [-0.3, -0.25) is 4.99 Å². The molecule has 0 amide bonds. The van der Waals surface area contributed by atoms with E-state index >= 15 is 0 Å². The van der Waals surface area contributed by atoms with Crippen LogP contribution < -0.4 is 15.8 Å². The van der Waals surface area contributed by atoms with Gasteiger partial charge in [0.25, 0.3) is 0 Å². The highest BCUT2D eigenvalue weighted by Crippen LogP contribution is 2.45. The maximum Gasteiger partial charge on any atom is 0.430 e. The number of nitrogens with one attached hydrogen (secondary N) is 2. The van der Waals surface area contributed by atoms with Gasteiger partial charge in [-0.1, -0.05) is 12.1 Å². The van der Waals surface area contributed by atoms with E-state index < -0.39 is 11.9 Å². The van der Waals surface area contributed by atoms with Crippen molar-refractivity contribution in [3.63, 3.8) is 0 Å². The van der Waals surface area contributed by atoms with Gasteiger partial charge < -0.3 is 21.2 Å². The van der Waals surface area contributed by atoms with E-state index in [1.807, 2.05) is 12.1 Å². The summed E-state index contributed by atoms with van der Waals surface area (Å²) in [7, 11) is 1.56. The van der Waals surface area contributed by atoms with Crippen LogP contribution in [0.15, 0.2) is 47.4 Å². The highest BCUT2D eigenvalue weighted by atomic mass is 19.4. The second-order valence-electron chi connectivity index (χ2n) is 9.84. The average molecular weight is 551 g/mol. The molecule has 4 N–H and O–H groups in total. The molecular weight excluding hydrogens is 521 g/mol. The van der Waals surface area contributed by atoms with Crippen LogP contribution in [0.5, 0.6) is 5.88 Å². The van der Waals surface area contributed by atoms with Crippen molar-refractivity contribution in [3.05, 3.63) is 64.9 Å². The Bertz CT molecular complexity index is 1490. The summed E-state index contributed by atoms with van der Waals surface area (Å²) in [5.74, 6) is 1.78. The van der Waals surface area contributed by atoms with Crippen LogP contribution >= 0.6 is 0 Å². The maximum atomic E-state index is 12.7. The van der Waals surface area contributed by atoms with Crippen LogP contribution in [0, 0.1) is 5.41 Å². The van der Waals surface area contributed by atoms with E-state index in [0.717, 1.165) is 48.7 Å². The Morgan fingerprint density at radius 1 is 1.15 bits per heavy atom. The largest absolute Gasteiger partial charge is 0.480 e. The Hall–Kier alpha value is -4.35. The molecule has 0 aliphatic heterocycles. The van der Waals surface area contributed by atoms with Crippen LogP contribution in [-0.2, 0) is 13.0 Å². The minimum atomic E-state index is -4.60. The van der Waals surface area contributed by atoms with Crippen molar-refractivity contribution in [3.8, 4) is 17.3 Å². The molecule has 5 rings (SSSR count).